The maximum absolute atomic E-state index is 11.1. The molecule has 0 N–H and O–H groups in total. The molecule has 0 atom stereocenters. The highest BCUT2D eigenvalue weighted by molar-refractivity contribution is 7.78. The van der Waals surface area contributed by atoms with Crippen molar-refractivity contribution in [2.24, 2.45) is 0 Å². The minimum absolute atomic E-state index is 0.362. The molecule has 0 aliphatic heterocycles. The van der Waals surface area contributed by atoms with Gasteiger partial charge in [-0.3, -0.25) is 4.31 Å². The molecule has 0 bridgehead atoms. The van der Waals surface area contributed by atoms with E-state index < -0.39 is 0 Å². The molecular formula is C20H41NO2S. The lowest BCUT2D eigenvalue weighted by Crippen LogP contribution is -2.18. The number of thiol groups is 1. The third-order valence-electron chi connectivity index (χ3n) is 4.49. The molecule has 0 aromatic rings. The molecule has 0 fully saturated rings. The molecule has 0 aromatic carbocycles. The van der Waals surface area contributed by atoms with E-state index in [4.69, 9.17) is 4.74 Å². The lowest BCUT2D eigenvalue weighted by Gasteiger charge is -2.09. The summed E-state index contributed by atoms with van der Waals surface area (Å²) in [5.41, 5.74) is 0. The Labute approximate surface area is 156 Å². The molecule has 0 heterocycles. The summed E-state index contributed by atoms with van der Waals surface area (Å²) in [7, 11) is 1.58. The molecule has 144 valence electrons. The lowest BCUT2D eigenvalue weighted by atomic mass is 10.0. The van der Waals surface area contributed by atoms with Crippen LogP contribution >= 0.6 is 12.8 Å². The number of unbranched alkanes of at least 4 members (excludes halogenated alkanes) is 15. The topological polar surface area (TPSA) is 29.5 Å². The third-order valence-corrected chi connectivity index (χ3v) is 4.65. The first-order valence-corrected chi connectivity index (χ1v) is 10.7. The van der Waals surface area contributed by atoms with Crippen LogP contribution in [-0.2, 0) is 4.74 Å². The van der Waals surface area contributed by atoms with E-state index in [2.05, 4.69) is 19.7 Å². The zero-order valence-electron chi connectivity index (χ0n) is 16.2. The third kappa shape index (κ3) is 18.0. The average Bonchev–Trinajstić information content (AvgIpc) is 2.57. The second kappa shape index (κ2) is 19.0. The predicted octanol–water partition coefficient (Wildman–Crippen LogP) is 7.16. The van der Waals surface area contributed by atoms with Gasteiger partial charge in [0.05, 0.1) is 6.61 Å². The van der Waals surface area contributed by atoms with E-state index in [1.54, 1.807) is 7.05 Å². The second-order valence-electron chi connectivity index (χ2n) is 6.94. The van der Waals surface area contributed by atoms with E-state index in [9.17, 15) is 4.79 Å². The van der Waals surface area contributed by atoms with E-state index in [0.29, 0.717) is 6.61 Å². The summed E-state index contributed by atoms with van der Waals surface area (Å²) in [5.74, 6) is 0. The molecule has 0 aliphatic carbocycles. The standard InChI is InChI=1S/C20H41NO2S/c1-3-4-5-6-7-8-9-10-11-12-13-14-15-16-17-18-19-23-20(22)21(2)24/h24H,3-19H2,1-2H3. The van der Waals surface area contributed by atoms with Crippen molar-refractivity contribution in [3.8, 4) is 0 Å². The Morgan fingerprint density at radius 2 is 1.04 bits per heavy atom. The van der Waals surface area contributed by atoms with Crippen LogP contribution in [0.1, 0.15) is 110 Å². The molecule has 0 radical (unpaired) electrons. The van der Waals surface area contributed by atoms with Gasteiger partial charge in [0.2, 0.25) is 0 Å². The quantitative estimate of drug-likeness (QED) is 0.220. The normalized spacial score (nSPS) is 10.8. The summed E-state index contributed by atoms with van der Waals surface area (Å²) in [6, 6.07) is 0. The van der Waals surface area contributed by atoms with Crippen LogP contribution in [0.3, 0.4) is 0 Å². The average molecular weight is 360 g/mol. The zero-order chi connectivity index (χ0) is 17.9. The monoisotopic (exact) mass is 359 g/mol. The van der Waals surface area contributed by atoms with Crippen molar-refractivity contribution < 1.29 is 9.53 Å². The van der Waals surface area contributed by atoms with Crippen LogP contribution in [0.2, 0.25) is 0 Å². The summed E-state index contributed by atoms with van der Waals surface area (Å²) in [5, 5.41) is 0. The number of hydrogen-bond acceptors (Lipinski definition) is 3. The van der Waals surface area contributed by atoms with Crippen molar-refractivity contribution in [3.05, 3.63) is 0 Å². The number of carbonyl (C=O) groups excluding carboxylic acids is 1. The van der Waals surface area contributed by atoms with Crippen molar-refractivity contribution in [2.75, 3.05) is 13.7 Å². The summed E-state index contributed by atoms with van der Waals surface area (Å²) < 4.78 is 6.21. The van der Waals surface area contributed by atoms with Crippen LogP contribution in [0.5, 0.6) is 0 Å². The molecule has 1 amide bonds. The zero-order valence-corrected chi connectivity index (χ0v) is 17.1. The Kier molecular flexibility index (Phi) is 18.7. The van der Waals surface area contributed by atoms with E-state index >= 15 is 0 Å². The first kappa shape index (κ1) is 23.6. The van der Waals surface area contributed by atoms with Crippen molar-refractivity contribution in [2.45, 2.75) is 110 Å². The lowest BCUT2D eigenvalue weighted by molar-refractivity contribution is 0.131. The minimum atomic E-state index is -0.362. The highest BCUT2D eigenvalue weighted by Crippen LogP contribution is 2.13. The molecule has 0 saturated carbocycles. The number of amides is 1. The van der Waals surface area contributed by atoms with Crippen LogP contribution in [0.4, 0.5) is 4.79 Å². The molecule has 0 unspecified atom stereocenters. The Bertz CT molecular complexity index is 272. The van der Waals surface area contributed by atoms with Gasteiger partial charge in [-0.15, -0.1) is 0 Å². The first-order chi connectivity index (χ1) is 11.7. The van der Waals surface area contributed by atoms with E-state index in [-0.39, 0.29) is 6.09 Å². The summed E-state index contributed by atoms with van der Waals surface area (Å²) in [6.45, 7) is 2.79. The van der Waals surface area contributed by atoms with Crippen molar-refractivity contribution in [1.82, 2.24) is 4.31 Å². The minimum Gasteiger partial charge on any atom is -0.449 e. The Hall–Kier alpha value is -0.380. The van der Waals surface area contributed by atoms with Crippen molar-refractivity contribution in [3.63, 3.8) is 0 Å². The Balaban J connectivity index is 3.04. The number of nitrogens with zero attached hydrogens (tertiary/aromatic N) is 1. The van der Waals surface area contributed by atoms with Gasteiger partial charge in [-0.1, -0.05) is 116 Å². The van der Waals surface area contributed by atoms with Gasteiger partial charge in [0.25, 0.3) is 0 Å². The van der Waals surface area contributed by atoms with Crippen LogP contribution in [0.25, 0.3) is 0 Å². The SMILES string of the molecule is CCCCCCCCCCCCCCCCCCOC(=O)N(C)S. The van der Waals surface area contributed by atoms with Crippen LogP contribution in [-0.4, -0.2) is 24.1 Å². The molecule has 0 aliphatic rings. The molecule has 0 saturated heterocycles. The molecule has 0 rings (SSSR count). The predicted molar refractivity (Wildman–Crippen MR) is 108 cm³/mol. The molecule has 4 heteroatoms. The van der Waals surface area contributed by atoms with E-state index in [0.717, 1.165) is 12.8 Å². The number of ether oxygens (including phenoxy) is 1. The van der Waals surface area contributed by atoms with E-state index in [1.807, 2.05) is 0 Å². The van der Waals surface area contributed by atoms with Gasteiger partial charge >= 0.3 is 6.09 Å². The smallest absolute Gasteiger partial charge is 0.419 e. The van der Waals surface area contributed by atoms with Crippen LogP contribution in [0.15, 0.2) is 0 Å². The van der Waals surface area contributed by atoms with Crippen molar-refractivity contribution in [1.29, 1.82) is 0 Å². The summed E-state index contributed by atoms with van der Waals surface area (Å²) in [6.07, 6.45) is 21.3. The molecule has 0 spiro atoms. The molecule has 24 heavy (non-hydrogen) atoms. The number of rotatable bonds is 17. The first-order valence-electron chi connectivity index (χ1n) is 10.3. The highest BCUT2D eigenvalue weighted by Gasteiger charge is 2.04. The van der Waals surface area contributed by atoms with Gasteiger partial charge in [-0.2, -0.15) is 0 Å². The van der Waals surface area contributed by atoms with Gasteiger partial charge in [-0.05, 0) is 6.42 Å². The van der Waals surface area contributed by atoms with Gasteiger partial charge in [0.1, 0.15) is 0 Å². The highest BCUT2D eigenvalue weighted by atomic mass is 32.1. The second-order valence-corrected chi connectivity index (χ2v) is 7.54. The fourth-order valence-corrected chi connectivity index (χ4v) is 2.96. The van der Waals surface area contributed by atoms with Crippen molar-refractivity contribution >= 4 is 18.9 Å². The van der Waals surface area contributed by atoms with Gasteiger partial charge in [-0.25, -0.2) is 4.79 Å². The summed E-state index contributed by atoms with van der Waals surface area (Å²) in [4.78, 5) is 11.1. The largest absolute Gasteiger partial charge is 0.449 e. The summed E-state index contributed by atoms with van der Waals surface area (Å²) >= 11 is 3.89. The fourth-order valence-electron chi connectivity index (χ4n) is 2.90. The van der Waals surface area contributed by atoms with E-state index in [1.165, 1.54) is 94.2 Å². The molecule has 3 nitrogen and oxygen atoms in total. The Morgan fingerprint density at radius 3 is 1.38 bits per heavy atom. The van der Waals surface area contributed by atoms with Crippen LogP contribution < -0.4 is 0 Å². The number of hydrogen-bond donors (Lipinski definition) is 1. The fraction of sp³-hybridized carbons (Fsp3) is 0.950. The molecular weight excluding hydrogens is 318 g/mol. The number of carbonyl (C=O) groups is 1. The van der Waals surface area contributed by atoms with Gasteiger partial charge < -0.3 is 4.74 Å². The maximum atomic E-state index is 11.1. The molecule has 0 aromatic heterocycles. The maximum Gasteiger partial charge on any atom is 0.419 e. The van der Waals surface area contributed by atoms with Gasteiger partial charge in [0.15, 0.2) is 0 Å². The van der Waals surface area contributed by atoms with Gasteiger partial charge in [0, 0.05) is 7.05 Å². The van der Waals surface area contributed by atoms with Crippen LogP contribution in [0, 0.1) is 0 Å². The Morgan fingerprint density at radius 1 is 0.708 bits per heavy atom.